The molecular weight excluding hydrogens is 383 g/mol. The molecule has 30 heavy (non-hydrogen) atoms. The van der Waals surface area contributed by atoms with Crippen molar-refractivity contribution in [1.29, 1.82) is 0 Å². The lowest BCUT2D eigenvalue weighted by Gasteiger charge is -2.36. The van der Waals surface area contributed by atoms with Gasteiger partial charge in [-0.05, 0) is 56.4 Å². The number of fused-ring (bicyclic) bond motifs is 2. The first-order valence-electron chi connectivity index (χ1n) is 10.7. The van der Waals surface area contributed by atoms with Crippen LogP contribution in [0.2, 0.25) is 0 Å². The van der Waals surface area contributed by atoms with Crippen molar-refractivity contribution >= 4 is 17.6 Å². The van der Waals surface area contributed by atoms with Crippen LogP contribution in [-0.4, -0.2) is 31.0 Å². The fourth-order valence-corrected chi connectivity index (χ4v) is 5.17. The van der Waals surface area contributed by atoms with Crippen molar-refractivity contribution in [2.75, 3.05) is 18.0 Å². The summed E-state index contributed by atoms with van der Waals surface area (Å²) in [7, 11) is 0. The number of nitrogens with zero attached hydrogens (tertiary/aromatic N) is 1. The quantitative estimate of drug-likeness (QED) is 0.786. The zero-order chi connectivity index (χ0) is 20.7. The smallest absolute Gasteiger partial charge is 0.339 e. The van der Waals surface area contributed by atoms with E-state index in [2.05, 4.69) is 10.2 Å². The first-order valence-corrected chi connectivity index (χ1v) is 10.7. The summed E-state index contributed by atoms with van der Waals surface area (Å²) in [5.41, 5.74) is 1.92. The molecule has 2 fully saturated rings. The minimum Gasteiger partial charge on any atom is -0.451 e. The number of halogens is 1. The van der Waals surface area contributed by atoms with Crippen LogP contribution in [0.15, 0.2) is 48.5 Å². The minimum atomic E-state index is -0.563. The third-order valence-corrected chi connectivity index (χ3v) is 6.80. The SMILES string of the molecule is O=C1OC2(CCC(C(=O)NC3CCN(c4cccc(F)c4)C3)CC2)c2ccccc21. The number of rotatable bonds is 3. The molecule has 2 aromatic rings. The van der Waals surface area contributed by atoms with Gasteiger partial charge in [0.25, 0.3) is 0 Å². The van der Waals surface area contributed by atoms with Gasteiger partial charge in [0.2, 0.25) is 5.91 Å². The number of hydrogen-bond donors (Lipinski definition) is 1. The van der Waals surface area contributed by atoms with Gasteiger partial charge in [0.15, 0.2) is 0 Å². The molecule has 6 heteroatoms. The maximum atomic E-state index is 13.5. The Balaban J connectivity index is 1.18. The summed E-state index contributed by atoms with van der Waals surface area (Å²) in [6, 6.07) is 14.2. The lowest BCUT2D eigenvalue weighted by atomic mass is 9.74. The number of ether oxygens (including phenoxy) is 1. The molecule has 3 aliphatic rings. The highest BCUT2D eigenvalue weighted by Gasteiger charge is 2.48. The molecule has 1 aliphatic carbocycles. The number of amides is 1. The van der Waals surface area contributed by atoms with Gasteiger partial charge in [-0.25, -0.2) is 9.18 Å². The van der Waals surface area contributed by atoms with Crippen LogP contribution in [0, 0.1) is 11.7 Å². The van der Waals surface area contributed by atoms with Crippen LogP contribution in [-0.2, 0) is 15.1 Å². The van der Waals surface area contributed by atoms with E-state index < -0.39 is 5.60 Å². The third-order valence-electron chi connectivity index (χ3n) is 6.80. The topological polar surface area (TPSA) is 58.6 Å². The van der Waals surface area contributed by atoms with Crippen molar-refractivity contribution in [3.8, 4) is 0 Å². The van der Waals surface area contributed by atoms with Crippen molar-refractivity contribution < 1.29 is 18.7 Å². The van der Waals surface area contributed by atoms with Crippen LogP contribution in [0.25, 0.3) is 0 Å². The van der Waals surface area contributed by atoms with E-state index in [1.54, 1.807) is 6.07 Å². The molecule has 156 valence electrons. The summed E-state index contributed by atoms with van der Waals surface area (Å²) in [5.74, 6) is -0.485. The van der Waals surface area contributed by atoms with Crippen molar-refractivity contribution in [3.05, 3.63) is 65.5 Å². The summed E-state index contributed by atoms with van der Waals surface area (Å²) in [6.45, 7) is 1.49. The van der Waals surface area contributed by atoms with Crippen molar-refractivity contribution in [2.45, 2.75) is 43.7 Å². The Kier molecular flexibility index (Phi) is 4.72. The fourth-order valence-electron chi connectivity index (χ4n) is 5.17. The van der Waals surface area contributed by atoms with Gasteiger partial charge >= 0.3 is 5.97 Å². The summed E-state index contributed by atoms with van der Waals surface area (Å²) >= 11 is 0. The first kappa shape index (κ1) is 19.1. The number of esters is 1. The molecule has 2 aliphatic heterocycles. The van der Waals surface area contributed by atoms with Gasteiger partial charge < -0.3 is 15.0 Å². The second kappa shape index (κ2) is 7.42. The Bertz CT molecular complexity index is 984. The van der Waals surface area contributed by atoms with E-state index in [0.29, 0.717) is 37.8 Å². The van der Waals surface area contributed by atoms with Crippen LogP contribution in [0.5, 0.6) is 0 Å². The van der Waals surface area contributed by atoms with Gasteiger partial charge in [-0.2, -0.15) is 0 Å². The largest absolute Gasteiger partial charge is 0.451 e. The van der Waals surface area contributed by atoms with Crippen LogP contribution < -0.4 is 10.2 Å². The monoisotopic (exact) mass is 408 g/mol. The van der Waals surface area contributed by atoms with E-state index in [-0.39, 0.29) is 29.7 Å². The van der Waals surface area contributed by atoms with Gasteiger partial charge in [-0.3, -0.25) is 4.79 Å². The molecule has 2 heterocycles. The van der Waals surface area contributed by atoms with E-state index in [4.69, 9.17) is 4.74 Å². The normalized spacial score (nSPS) is 27.8. The van der Waals surface area contributed by atoms with Gasteiger partial charge in [-0.1, -0.05) is 24.3 Å². The van der Waals surface area contributed by atoms with E-state index >= 15 is 0 Å². The molecule has 1 atom stereocenters. The second-order valence-corrected chi connectivity index (χ2v) is 8.62. The Morgan fingerprint density at radius 1 is 1.10 bits per heavy atom. The summed E-state index contributed by atoms with van der Waals surface area (Å²) < 4.78 is 19.3. The molecule has 0 radical (unpaired) electrons. The molecule has 1 saturated heterocycles. The van der Waals surface area contributed by atoms with Crippen LogP contribution in [0.4, 0.5) is 10.1 Å². The van der Waals surface area contributed by atoms with Gasteiger partial charge in [0.05, 0.1) is 5.56 Å². The van der Waals surface area contributed by atoms with Crippen LogP contribution >= 0.6 is 0 Å². The molecule has 1 saturated carbocycles. The average Bonchev–Trinajstić information content (AvgIpc) is 3.32. The summed E-state index contributed by atoms with van der Waals surface area (Å²) in [4.78, 5) is 27.2. The molecule has 1 spiro atoms. The van der Waals surface area contributed by atoms with Crippen molar-refractivity contribution in [2.24, 2.45) is 5.92 Å². The van der Waals surface area contributed by atoms with E-state index in [1.807, 2.05) is 30.3 Å². The molecule has 1 unspecified atom stereocenters. The zero-order valence-corrected chi connectivity index (χ0v) is 16.8. The molecule has 1 N–H and O–H groups in total. The predicted octanol–water partition coefficient (Wildman–Crippen LogP) is 3.78. The average molecular weight is 408 g/mol. The van der Waals surface area contributed by atoms with Gasteiger partial charge in [0.1, 0.15) is 11.4 Å². The van der Waals surface area contributed by atoms with Gasteiger partial charge in [0, 0.05) is 36.3 Å². The van der Waals surface area contributed by atoms with E-state index in [9.17, 15) is 14.0 Å². The Hall–Kier alpha value is -2.89. The van der Waals surface area contributed by atoms with E-state index in [0.717, 1.165) is 24.2 Å². The summed E-state index contributed by atoms with van der Waals surface area (Å²) in [5, 5.41) is 3.19. The number of carbonyl (C=O) groups excluding carboxylic acids is 2. The molecule has 0 aromatic heterocycles. The first-order chi connectivity index (χ1) is 14.5. The van der Waals surface area contributed by atoms with Crippen LogP contribution in [0.3, 0.4) is 0 Å². The highest BCUT2D eigenvalue weighted by molar-refractivity contribution is 5.94. The van der Waals surface area contributed by atoms with Crippen molar-refractivity contribution in [3.63, 3.8) is 0 Å². The maximum Gasteiger partial charge on any atom is 0.339 e. The highest BCUT2D eigenvalue weighted by atomic mass is 19.1. The Morgan fingerprint density at radius 2 is 1.90 bits per heavy atom. The van der Waals surface area contributed by atoms with Crippen LogP contribution in [0.1, 0.15) is 48.0 Å². The maximum absolute atomic E-state index is 13.5. The Labute approximate surface area is 175 Å². The lowest BCUT2D eigenvalue weighted by molar-refractivity contribution is -0.128. The van der Waals surface area contributed by atoms with Crippen molar-refractivity contribution in [1.82, 2.24) is 5.32 Å². The number of hydrogen-bond acceptors (Lipinski definition) is 4. The molecule has 1 amide bonds. The number of benzene rings is 2. The standard InChI is InChI=1S/C24H25FN2O3/c25-17-4-3-5-19(14-17)27-13-10-18(15-27)26-22(28)16-8-11-24(12-9-16)21-7-2-1-6-20(21)23(29)30-24/h1-7,14,16,18H,8-13,15H2,(H,26,28). The third kappa shape index (κ3) is 3.34. The number of nitrogens with one attached hydrogen (secondary N) is 1. The molecule has 0 bridgehead atoms. The van der Waals surface area contributed by atoms with Gasteiger partial charge in [-0.15, -0.1) is 0 Å². The Morgan fingerprint density at radius 3 is 2.70 bits per heavy atom. The zero-order valence-electron chi connectivity index (χ0n) is 16.8. The molecular formula is C24H25FN2O3. The minimum absolute atomic E-state index is 0.0645. The predicted molar refractivity (Wildman–Crippen MR) is 111 cm³/mol. The molecule has 2 aromatic carbocycles. The van der Waals surface area contributed by atoms with E-state index in [1.165, 1.54) is 12.1 Å². The summed E-state index contributed by atoms with van der Waals surface area (Å²) in [6.07, 6.45) is 3.60. The number of anilines is 1. The highest BCUT2D eigenvalue weighted by Crippen LogP contribution is 2.48. The molecule has 5 nitrogen and oxygen atoms in total. The fraction of sp³-hybridized carbons (Fsp3) is 0.417. The number of carbonyl (C=O) groups is 2. The second-order valence-electron chi connectivity index (χ2n) is 8.62. The lowest BCUT2D eigenvalue weighted by Crippen LogP contribution is -2.43. The molecule has 5 rings (SSSR count).